The monoisotopic (exact) mass is 399 g/mol. The lowest BCUT2D eigenvalue weighted by molar-refractivity contribution is -0.135. The quantitative estimate of drug-likeness (QED) is 0.650. The molecule has 1 saturated heterocycles. The lowest BCUT2D eigenvalue weighted by Crippen LogP contribution is -2.49. The molecule has 3 rings (SSSR count). The predicted octanol–water partition coefficient (Wildman–Crippen LogP) is 1.54. The van der Waals surface area contributed by atoms with E-state index in [-0.39, 0.29) is 30.3 Å². The fourth-order valence-corrected chi connectivity index (χ4v) is 3.40. The van der Waals surface area contributed by atoms with Crippen molar-refractivity contribution in [3.63, 3.8) is 0 Å². The number of rotatable bonds is 9. The number of nitrogens with zero attached hydrogens (tertiary/aromatic N) is 3. The van der Waals surface area contributed by atoms with Gasteiger partial charge in [-0.2, -0.15) is 4.98 Å². The standard InChI is InChI=1S/C18H29N5O3.ClH/c19-10-9-15(24)20-12-14-4-1-2-11-23(14)17(25)6-3-5-16-21-18(22-26-16)13-7-8-13;/h13-14H,1-12,19H2,(H,20,24);1H. The van der Waals surface area contributed by atoms with Gasteiger partial charge in [-0.15, -0.1) is 12.4 Å². The molecule has 2 fully saturated rings. The molecule has 1 aliphatic carbocycles. The van der Waals surface area contributed by atoms with E-state index in [1.165, 1.54) is 0 Å². The Morgan fingerprint density at radius 1 is 1.22 bits per heavy atom. The summed E-state index contributed by atoms with van der Waals surface area (Å²) in [6.45, 7) is 1.62. The van der Waals surface area contributed by atoms with Gasteiger partial charge < -0.3 is 20.5 Å². The third-order valence-electron chi connectivity index (χ3n) is 5.06. The molecule has 152 valence electrons. The maximum absolute atomic E-state index is 12.6. The van der Waals surface area contributed by atoms with Crippen LogP contribution in [0, 0.1) is 0 Å². The Bertz CT molecular complexity index is 620. The summed E-state index contributed by atoms with van der Waals surface area (Å²) in [5.41, 5.74) is 5.40. The fraction of sp³-hybridized carbons (Fsp3) is 0.778. The molecule has 2 aliphatic rings. The van der Waals surface area contributed by atoms with Gasteiger partial charge in [0, 0.05) is 50.9 Å². The van der Waals surface area contributed by atoms with Crippen molar-refractivity contribution in [2.45, 2.75) is 69.7 Å². The highest BCUT2D eigenvalue weighted by molar-refractivity contribution is 5.85. The number of aryl methyl sites for hydroxylation is 1. The zero-order valence-electron chi connectivity index (χ0n) is 15.7. The van der Waals surface area contributed by atoms with E-state index < -0.39 is 0 Å². The van der Waals surface area contributed by atoms with E-state index in [9.17, 15) is 9.59 Å². The summed E-state index contributed by atoms with van der Waals surface area (Å²) in [6.07, 6.45) is 7.47. The van der Waals surface area contributed by atoms with E-state index in [0.29, 0.717) is 50.6 Å². The zero-order chi connectivity index (χ0) is 18.4. The topological polar surface area (TPSA) is 114 Å². The van der Waals surface area contributed by atoms with Crippen molar-refractivity contribution in [3.05, 3.63) is 11.7 Å². The van der Waals surface area contributed by atoms with Crippen LogP contribution in [0.3, 0.4) is 0 Å². The van der Waals surface area contributed by atoms with Crippen LogP contribution in [0.2, 0.25) is 0 Å². The van der Waals surface area contributed by atoms with Crippen molar-refractivity contribution in [3.8, 4) is 0 Å². The van der Waals surface area contributed by atoms with Crippen LogP contribution in [0.5, 0.6) is 0 Å². The first-order chi connectivity index (χ1) is 12.7. The summed E-state index contributed by atoms with van der Waals surface area (Å²) in [4.78, 5) is 30.6. The van der Waals surface area contributed by atoms with Gasteiger partial charge in [0.15, 0.2) is 5.82 Å². The van der Waals surface area contributed by atoms with Crippen LogP contribution in [0.15, 0.2) is 4.52 Å². The smallest absolute Gasteiger partial charge is 0.226 e. The lowest BCUT2D eigenvalue weighted by Gasteiger charge is -2.36. The van der Waals surface area contributed by atoms with Crippen molar-refractivity contribution in [2.24, 2.45) is 5.73 Å². The minimum atomic E-state index is -0.0478. The van der Waals surface area contributed by atoms with E-state index in [2.05, 4.69) is 15.5 Å². The van der Waals surface area contributed by atoms with Crippen LogP contribution in [0.4, 0.5) is 0 Å². The number of halogens is 1. The molecule has 8 nitrogen and oxygen atoms in total. The average Bonchev–Trinajstić information content (AvgIpc) is 3.39. The Hall–Kier alpha value is -1.67. The first-order valence-corrected chi connectivity index (χ1v) is 9.76. The second kappa shape index (κ2) is 10.6. The third-order valence-corrected chi connectivity index (χ3v) is 5.06. The number of amides is 2. The predicted molar refractivity (Wildman–Crippen MR) is 102 cm³/mol. The largest absolute Gasteiger partial charge is 0.354 e. The van der Waals surface area contributed by atoms with Crippen LogP contribution in [0.1, 0.15) is 69.0 Å². The zero-order valence-corrected chi connectivity index (χ0v) is 16.5. The summed E-state index contributed by atoms with van der Waals surface area (Å²) >= 11 is 0. The molecule has 27 heavy (non-hydrogen) atoms. The molecule has 2 amide bonds. The SMILES string of the molecule is Cl.NCCC(=O)NCC1CCCCN1C(=O)CCCc1nc(C2CC2)no1. The number of hydrogen-bond acceptors (Lipinski definition) is 6. The second-order valence-electron chi connectivity index (χ2n) is 7.25. The highest BCUT2D eigenvalue weighted by Crippen LogP contribution is 2.38. The van der Waals surface area contributed by atoms with Crippen LogP contribution >= 0.6 is 12.4 Å². The molecule has 0 radical (unpaired) electrons. The average molecular weight is 400 g/mol. The Morgan fingerprint density at radius 3 is 2.78 bits per heavy atom. The van der Waals surface area contributed by atoms with Crippen molar-refractivity contribution in [1.82, 2.24) is 20.4 Å². The molecule has 0 spiro atoms. The number of carbonyl (C=O) groups is 2. The molecule has 9 heteroatoms. The second-order valence-corrected chi connectivity index (χ2v) is 7.25. The van der Waals surface area contributed by atoms with E-state index in [4.69, 9.17) is 10.3 Å². The van der Waals surface area contributed by atoms with Gasteiger partial charge in [0.1, 0.15) is 0 Å². The first kappa shape index (κ1) is 21.6. The number of nitrogens with two attached hydrogens (primary N) is 1. The number of carbonyl (C=O) groups excluding carboxylic acids is 2. The van der Waals surface area contributed by atoms with Gasteiger partial charge >= 0.3 is 0 Å². The molecule has 1 aromatic heterocycles. The van der Waals surface area contributed by atoms with E-state index in [1.807, 2.05) is 4.90 Å². The molecule has 1 unspecified atom stereocenters. The Balaban J connectivity index is 0.00000261. The van der Waals surface area contributed by atoms with Gasteiger partial charge in [-0.1, -0.05) is 5.16 Å². The molecule has 2 heterocycles. The Labute approximate surface area is 166 Å². The number of aromatic nitrogens is 2. The summed E-state index contributed by atoms with van der Waals surface area (Å²) in [5, 5.41) is 6.90. The number of piperidine rings is 1. The van der Waals surface area contributed by atoms with E-state index in [0.717, 1.165) is 44.5 Å². The van der Waals surface area contributed by atoms with Gasteiger partial charge in [0.05, 0.1) is 0 Å². The van der Waals surface area contributed by atoms with Crippen molar-refractivity contribution in [1.29, 1.82) is 0 Å². The number of hydrogen-bond donors (Lipinski definition) is 2. The van der Waals surface area contributed by atoms with Gasteiger partial charge in [-0.3, -0.25) is 9.59 Å². The lowest BCUT2D eigenvalue weighted by atomic mass is 10.0. The summed E-state index contributed by atoms with van der Waals surface area (Å²) < 4.78 is 5.26. The molecule has 1 atom stereocenters. The highest BCUT2D eigenvalue weighted by atomic mass is 35.5. The van der Waals surface area contributed by atoms with E-state index >= 15 is 0 Å². The number of nitrogens with one attached hydrogen (secondary N) is 1. The maximum Gasteiger partial charge on any atom is 0.226 e. The maximum atomic E-state index is 12.6. The van der Waals surface area contributed by atoms with Gasteiger partial charge in [0.2, 0.25) is 17.7 Å². The van der Waals surface area contributed by atoms with Crippen LogP contribution in [-0.2, 0) is 16.0 Å². The molecule has 0 aromatic carbocycles. The van der Waals surface area contributed by atoms with Crippen molar-refractivity contribution >= 4 is 24.2 Å². The third kappa shape index (κ3) is 6.46. The van der Waals surface area contributed by atoms with Gasteiger partial charge in [-0.25, -0.2) is 0 Å². The van der Waals surface area contributed by atoms with Crippen LogP contribution < -0.4 is 11.1 Å². The van der Waals surface area contributed by atoms with Gasteiger partial charge in [-0.05, 0) is 38.5 Å². The van der Waals surface area contributed by atoms with Gasteiger partial charge in [0.25, 0.3) is 0 Å². The summed E-state index contributed by atoms with van der Waals surface area (Å²) in [7, 11) is 0. The molecular formula is C18H30ClN5O3. The molecule has 0 bridgehead atoms. The Kier molecular flexibility index (Phi) is 8.50. The minimum Gasteiger partial charge on any atom is -0.354 e. The van der Waals surface area contributed by atoms with Crippen molar-refractivity contribution in [2.75, 3.05) is 19.6 Å². The van der Waals surface area contributed by atoms with Crippen LogP contribution in [-0.4, -0.2) is 52.5 Å². The molecular weight excluding hydrogens is 370 g/mol. The van der Waals surface area contributed by atoms with Crippen molar-refractivity contribution < 1.29 is 14.1 Å². The Morgan fingerprint density at radius 2 is 2.04 bits per heavy atom. The first-order valence-electron chi connectivity index (χ1n) is 9.76. The molecule has 3 N–H and O–H groups in total. The molecule has 1 saturated carbocycles. The van der Waals surface area contributed by atoms with E-state index in [1.54, 1.807) is 0 Å². The minimum absolute atomic E-state index is 0. The normalized spacial score (nSPS) is 19.4. The van der Waals surface area contributed by atoms with Crippen LogP contribution in [0.25, 0.3) is 0 Å². The molecule has 1 aliphatic heterocycles. The molecule has 1 aromatic rings. The fourth-order valence-electron chi connectivity index (χ4n) is 3.40. The summed E-state index contributed by atoms with van der Waals surface area (Å²) in [6, 6.07) is 0.0860. The summed E-state index contributed by atoms with van der Waals surface area (Å²) in [5.74, 6) is 2.02. The highest BCUT2D eigenvalue weighted by Gasteiger charge is 2.29. The number of likely N-dealkylation sites (tertiary alicyclic amines) is 1.